The fourth-order valence-electron chi connectivity index (χ4n) is 3.30. The zero-order valence-corrected chi connectivity index (χ0v) is 16.1. The van der Waals surface area contributed by atoms with Crippen LogP contribution in [0.5, 0.6) is 0 Å². The standard InChI is InChI=1S/C24H23N3O/c1-16-4-3-5-19(14-16)24(28)25-20-10-7-18(8-11-20)9-13-23-26-21-12-6-17(2)15-22(21)27-23/h3-8,10-12,14-15H,9,13H2,1-2H3,(H,25,28)(H,26,27). The molecule has 4 nitrogen and oxygen atoms in total. The Hall–Kier alpha value is -3.40. The van der Waals surface area contributed by atoms with Crippen molar-refractivity contribution < 1.29 is 4.79 Å². The van der Waals surface area contributed by atoms with Crippen LogP contribution in [0, 0.1) is 13.8 Å². The molecular formula is C24H23N3O. The van der Waals surface area contributed by atoms with E-state index in [-0.39, 0.29) is 5.91 Å². The average molecular weight is 369 g/mol. The summed E-state index contributed by atoms with van der Waals surface area (Å²) in [6, 6.07) is 21.9. The van der Waals surface area contributed by atoms with Gasteiger partial charge in [-0.05, 0) is 67.8 Å². The van der Waals surface area contributed by atoms with Gasteiger partial charge in [0.2, 0.25) is 0 Å². The van der Waals surface area contributed by atoms with Crippen LogP contribution in [0.15, 0.2) is 66.7 Å². The number of benzene rings is 3. The lowest BCUT2D eigenvalue weighted by Gasteiger charge is -2.07. The summed E-state index contributed by atoms with van der Waals surface area (Å²) in [7, 11) is 0. The summed E-state index contributed by atoms with van der Waals surface area (Å²) < 4.78 is 0. The van der Waals surface area contributed by atoms with Gasteiger partial charge in [-0.3, -0.25) is 4.79 Å². The zero-order valence-electron chi connectivity index (χ0n) is 16.1. The molecule has 0 radical (unpaired) electrons. The maximum Gasteiger partial charge on any atom is 0.255 e. The second-order valence-corrected chi connectivity index (χ2v) is 7.22. The van der Waals surface area contributed by atoms with Crippen molar-refractivity contribution in [1.29, 1.82) is 0 Å². The molecule has 1 aromatic heterocycles. The van der Waals surface area contributed by atoms with Gasteiger partial charge in [-0.25, -0.2) is 4.98 Å². The zero-order chi connectivity index (χ0) is 19.5. The van der Waals surface area contributed by atoms with Crippen LogP contribution < -0.4 is 5.32 Å². The molecule has 0 saturated heterocycles. The highest BCUT2D eigenvalue weighted by Crippen LogP contribution is 2.16. The Bertz CT molecular complexity index is 1130. The van der Waals surface area contributed by atoms with Gasteiger partial charge in [0.15, 0.2) is 0 Å². The number of nitrogens with one attached hydrogen (secondary N) is 2. The molecule has 3 aromatic carbocycles. The lowest BCUT2D eigenvalue weighted by Crippen LogP contribution is -2.11. The molecule has 2 N–H and O–H groups in total. The largest absolute Gasteiger partial charge is 0.342 e. The number of anilines is 1. The third kappa shape index (κ3) is 4.12. The molecule has 0 saturated carbocycles. The van der Waals surface area contributed by atoms with Crippen LogP contribution in [0.1, 0.15) is 32.9 Å². The lowest BCUT2D eigenvalue weighted by atomic mass is 10.1. The maximum absolute atomic E-state index is 12.3. The molecule has 0 fully saturated rings. The summed E-state index contributed by atoms with van der Waals surface area (Å²) in [6.07, 6.45) is 1.74. The van der Waals surface area contributed by atoms with Crippen molar-refractivity contribution in [1.82, 2.24) is 9.97 Å². The van der Waals surface area contributed by atoms with Gasteiger partial charge >= 0.3 is 0 Å². The fraction of sp³-hybridized carbons (Fsp3) is 0.167. The van der Waals surface area contributed by atoms with Crippen molar-refractivity contribution in [2.24, 2.45) is 0 Å². The number of nitrogens with zero attached hydrogens (tertiary/aromatic N) is 1. The summed E-state index contributed by atoms with van der Waals surface area (Å²) in [6.45, 7) is 4.06. The lowest BCUT2D eigenvalue weighted by molar-refractivity contribution is 0.102. The summed E-state index contributed by atoms with van der Waals surface area (Å²) in [5.41, 5.74) is 7.08. The van der Waals surface area contributed by atoms with Gasteiger partial charge in [-0.1, -0.05) is 35.9 Å². The first-order valence-electron chi connectivity index (χ1n) is 9.49. The van der Waals surface area contributed by atoms with E-state index in [1.54, 1.807) is 0 Å². The highest BCUT2D eigenvalue weighted by molar-refractivity contribution is 6.04. The molecule has 28 heavy (non-hydrogen) atoms. The second-order valence-electron chi connectivity index (χ2n) is 7.22. The first-order valence-corrected chi connectivity index (χ1v) is 9.49. The monoisotopic (exact) mass is 369 g/mol. The number of hydrogen-bond acceptors (Lipinski definition) is 2. The smallest absolute Gasteiger partial charge is 0.255 e. The number of carbonyl (C=O) groups excluding carboxylic acids is 1. The molecule has 4 aromatic rings. The molecule has 1 amide bonds. The van der Waals surface area contributed by atoms with Gasteiger partial charge in [0, 0.05) is 17.7 Å². The Morgan fingerprint density at radius 1 is 0.929 bits per heavy atom. The Labute approximate surface area is 164 Å². The number of fused-ring (bicyclic) bond motifs is 1. The molecule has 0 spiro atoms. The molecule has 1 heterocycles. The molecule has 0 aliphatic carbocycles. The van der Waals surface area contributed by atoms with E-state index in [0.29, 0.717) is 5.56 Å². The van der Waals surface area contributed by atoms with E-state index in [1.807, 2.05) is 43.3 Å². The average Bonchev–Trinajstić information content (AvgIpc) is 3.09. The summed E-state index contributed by atoms with van der Waals surface area (Å²) in [4.78, 5) is 20.4. The Balaban J connectivity index is 1.38. The first kappa shape index (κ1) is 18.0. The van der Waals surface area contributed by atoms with Crippen LogP contribution in [-0.4, -0.2) is 15.9 Å². The summed E-state index contributed by atoms with van der Waals surface area (Å²) in [5, 5.41) is 2.95. The van der Waals surface area contributed by atoms with E-state index >= 15 is 0 Å². The third-order valence-corrected chi connectivity index (χ3v) is 4.83. The van der Waals surface area contributed by atoms with Crippen molar-refractivity contribution in [3.05, 3.63) is 94.8 Å². The Morgan fingerprint density at radius 3 is 2.50 bits per heavy atom. The summed E-state index contributed by atoms with van der Waals surface area (Å²) >= 11 is 0. The highest BCUT2D eigenvalue weighted by Gasteiger charge is 2.07. The number of aromatic nitrogens is 2. The molecule has 0 aliphatic rings. The number of amides is 1. The summed E-state index contributed by atoms with van der Waals surface area (Å²) in [5.74, 6) is 0.909. The van der Waals surface area contributed by atoms with Crippen molar-refractivity contribution in [3.8, 4) is 0 Å². The van der Waals surface area contributed by atoms with Gasteiger partial charge in [-0.2, -0.15) is 0 Å². The highest BCUT2D eigenvalue weighted by atomic mass is 16.1. The van der Waals surface area contributed by atoms with E-state index < -0.39 is 0 Å². The fourth-order valence-corrected chi connectivity index (χ4v) is 3.30. The predicted molar refractivity (Wildman–Crippen MR) is 114 cm³/mol. The van der Waals surface area contributed by atoms with E-state index in [4.69, 9.17) is 0 Å². The van der Waals surface area contributed by atoms with Crippen LogP contribution in [0.3, 0.4) is 0 Å². The third-order valence-electron chi connectivity index (χ3n) is 4.83. The Morgan fingerprint density at radius 2 is 1.71 bits per heavy atom. The van der Waals surface area contributed by atoms with Crippen molar-refractivity contribution in [2.45, 2.75) is 26.7 Å². The molecule has 4 rings (SSSR count). The van der Waals surface area contributed by atoms with E-state index in [0.717, 1.165) is 41.0 Å². The maximum atomic E-state index is 12.3. The minimum absolute atomic E-state index is 0.0889. The second kappa shape index (κ2) is 7.69. The van der Waals surface area contributed by atoms with Crippen molar-refractivity contribution >= 4 is 22.6 Å². The first-order chi connectivity index (χ1) is 13.6. The SMILES string of the molecule is Cc1cccc(C(=O)Nc2ccc(CCc3nc4ccc(C)cc4[nH]3)cc2)c1. The van der Waals surface area contributed by atoms with Gasteiger partial charge in [0.1, 0.15) is 5.82 Å². The van der Waals surface area contributed by atoms with Crippen LogP contribution >= 0.6 is 0 Å². The Kier molecular flexibility index (Phi) is 4.94. The van der Waals surface area contributed by atoms with E-state index in [1.165, 1.54) is 11.1 Å². The minimum atomic E-state index is -0.0889. The molecule has 0 unspecified atom stereocenters. The topological polar surface area (TPSA) is 57.8 Å². The van der Waals surface area contributed by atoms with Crippen LogP contribution in [0.4, 0.5) is 5.69 Å². The molecule has 0 bridgehead atoms. The van der Waals surface area contributed by atoms with Gasteiger partial charge in [0.25, 0.3) is 5.91 Å². The quantitative estimate of drug-likeness (QED) is 0.507. The van der Waals surface area contributed by atoms with E-state index in [2.05, 4.69) is 52.5 Å². The number of H-pyrrole nitrogens is 1. The number of aromatic amines is 1. The number of hydrogen-bond donors (Lipinski definition) is 2. The number of imidazole rings is 1. The predicted octanol–water partition coefficient (Wildman–Crippen LogP) is 5.22. The normalized spacial score (nSPS) is 10.9. The molecule has 0 atom stereocenters. The molecule has 140 valence electrons. The van der Waals surface area contributed by atoms with Crippen LogP contribution in [-0.2, 0) is 12.8 Å². The van der Waals surface area contributed by atoms with E-state index in [9.17, 15) is 4.79 Å². The number of aryl methyl sites for hydroxylation is 4. The number of carbonyl (C=O) groups is 1. The van der Waals surface area contributed by atoms with Gasteiger partial charge in [-0.15, -0.1) is 0 Å². The molecular weight excluding hydrogens is 346 g/mol. The van der Waals surface area contributed by atoms with Gasteiger partial charge in [0.05, 0.1) is 11.0 Å². The van der Waals surface area contributed by atoms with Crippen LogP contribution in [0.25, 0.3) is 11.0 Å². The number of rotatable bonds is 5. The van der Waals surface area contributed by atoms with Crippen molar-refractivity contribution in [2.75, 3.05) is 5.32 Å². The van der Waals surface area contributed by atoms with Crippen LogP contribution in [0.2, 0.25) is 0 Å². The molecule has 0 aliphatic heterocycles. The van der Waals surface area contributed by atoms with Gasteiger partial charge < -0.3 is 10.3 Å². The molecule has 4 heteroatoms. The minimum Gasteiger partial charge on any atom is -0.342 e. The van der Waals surface area contributed by atoms with Crippen molar-refractivity contribution in [3.63, 3.8) is 0 Å².